The molecule has 27 heavy (non-hydrogen) atoms. The SMILES string of the molecule is BOC(=O)C(CCCC)CCCN1CCCC1c1ccccc1C(F)(F)F. The molecular formula is C20H29BF3NO2. The topological polar surface area (TPSA) is 29.5 Å². The van der Waals surface area contributed by atoms with Gasteiger partial charge in [0, 0.05) is 6.04 Å². The second kappa shape index (κ2) is 10.2. The molecule has 2 unspecified atom stereocenters. The van der Waals surface area contributed by atoms with Gasteiger partial charge in [-0.15, -0.1) is 0 Å². The van der Waals surface area contributed by atoms with Gasteiger partial charge >= 0.3 is 14.2 Å². The van der Waals surface area contributed by atoms with Crippen LogP contribution in [0.1, 0.15) is 69.0 Å². The molecule has 1 saturated heterocycles. The van der Waals surface area contributed by atoms with Crippen molar-refractivity contribution in [1.29, 1.82) is 0 Å². The molecule has 1 aromatic carbocycles. The van der Waals surface area contributed by atoms with Gasteiger partial charge in [-0.25, -0.2) is 0 Å². The highest BCUT2D eigenvalue weighted by Crippen LogP contribution is 2.40. The number of hydrogen-bond donors (Lipinski definition) is 0. The summed E-state index contributed by atoms with van der Waals surface area (Å²) in [4.78, 5) is 14.1. The molecule has 1 aliphatic heterocycles. The minimum atomic E-state index is -4.33. The normalized spacial score (nSPS) is 19.2. The molecule has 3 nitrogen and oxygen atoms in total. The van der Waals surface area contributed by atoms with Crippen molar-refractivity contribution in [3.63, 3.8) is 0 Å². The Hall–Kier alpha value is -1.50. The second-order valence-electron chi connectivity index (χ2n) is 7.28. The van der Waals surface area contributed by atoms with Crippen LogP contribution in [0.3, 0.4) is 0 Å². The molecule has 0 spiro atoms. The average Bonchev–Trinajstić information content (AvgIpc) is 3.11. The van der Waals surface area contributed by atoms with Gasteiger partial charge in [-0.2, -0.15) is 13.2 Å². The van der Waals surface area contributed by atoms with Crippen molar-refractivity contribution in [2.24, 2.45) is 5.92 Å². The molecule has 2 rings (SSSR count). The maximum absolute atomic E-state index is 13.4. The first-order valence-electron chi connectivity index (χ1n) is 9.86. The predicted octanol–water partition coefficient (Wildman–Crippen LogP) is 4.52. The van der Waals surface area contributed by atoms with E-state index >= 15 is 0 Å². The van der Waals surface area contributed by atoms with E-state index in [1.165, 1.54) is 20.2 Å². The highest BCUT2D eigenvalue weighted by molar-refractivity contribution is 6.05. The number of carbonyl (C=O) groups is 1. The van der Waals surface area contributed by atoms with E-state index in [1.54, 1.807) is 12.1 Å². The van der Waals surface area contributed by atoms with Crippen LogP contribution in [0.4, 0.5) is 13.2 Å². The van der Waals surface area contributed by atoms with E-state index < -0.39 is 11.7 Å². The summed E-state index contributed by atoms with van der Waals surface area (Å²) in [6, 6.07) is 5.70. The number of alkyl halides is 3. The largest absolute Gasteiger partial charge is 0.543 e. The van der Waals surface area contributed by atoms with Crippen molar-refractivity contribution in [3.8, 4) is 0 Å². The van der Waals surface area contributed by atoms with Gasteiger partial charge < -0.3 is 4.65 Å². The van der Waals surface area contributed by atoms with Crippen LogP contribution >= 0.6 is 0 Å². The zero-order valence-electron chi connectivity index (χ0n) is 16.2. The molecule has 1 fully saturated rings. The quantitative estimate of drug-likeness (QED) is 0.588. The Morgan fingerprint density at radius 3 is 2.67 bits per heavy atom. The minimum Gasteiger partial charge on any atom is -0.543 e. The maximum atomic E-state index is 13.4. The summed E-state index contributed by atoms with van der Waals surface area (Å²) >= 11 is 0. The Bertz CT molecular complexity index is 609. The first kappa shape index (κ1) is 21.8. The predicted molar refractivity (Wildman–Crippen MR) is 102 cm³/mol. The van der Waals surface area contributed by atoms with E-state index in [9.17, 15) is 18.0 Å². The van der Waals surface area contributed by atoms with Crippen LogP contribution in [-0.4, -0.2) is 32.0 Å². The molecule has 1 aliphatic rings. The smallest absolute Gasteiger partial charge is 0.416 e. The number of nitrogens with zero attached hydrogens (tertiary/aromatic N) is 1. The Kier molecular flexibility index (Phi) is 8.20. The third kappa shape index (κ3) is 5.99. The van der Waals surface area contributed by atoms with Crippen LogP contribution in [0, 0.1) is 5.92 Å². The van der Waals surface area contributed by atoms with Crippen molar-refractivity contribution in [1.82, 2.24) is 4.90 Å². The summed E-state index contributed by atoms with van der Waals surface area (Å²) < 4.78 is 45.0. The molecule has 150 valence electrons. The van der Waals surface area contributed by atoms with Crippen molar-refractivity contribution < 1.29 is 22.6 Å². The summed E-state index contributed by atoms with van der Waals surface area (Å²) in [5, 5.41) is 0. The lowest BCUT2D eigenvalue weighted by molar-refractivity contribution is -0.140. The van der Waals surface area contributed by atoms with Gasteiger partial charge in [-0.1, -0.05) is 38.0 Å². The summed E-state index contributed by atoms with van der Waals surface area (Å²) in [5.41, 5.74) is -0.157. The summed E-state index contributed by atoms with van der Waals surface area (Å²) in [5.74, 6) is -0.290. The molecule has 7 heteroatoms. The van der Waals surface area contributed by atoms with Crippen LogP contribution in [0.15, 0.2) is 24.3 Å². The molecule has 1 heterocycles. The minimum absolute atomic E-state index is 0.113. The number of likely N-dealkylation sites (tertiary alicyclic amines) is 1. The zero-order valence-corrected chi connectivity index (χ0v) is 16.2. The monoisotopic (exact) mass is 383 g/mol. The zero-order chi connectivity index (χ0) is 19.9. The van der Waals surface area contributed by atoms with E-state index in [0.29, 0.717) is 12.1 Å². The van der Waals surface area contributed by atoms with Crippen molar-refractivity contribution >= 4 is 14.0 Å². The maximum Gasteiger partial charge on any atom is 0.416 e. The molecule has 0 amide bonds. The average molecular weight is 383 g/mol. The van der Waals surface area contributed by atoms with E-state index in [0.717, 1.165) is 51.5 Å². The number of rotatable bonds is 9. The summed E-state index contributed by atoms with van der Waals surface area (Å²) in [7, 11) is 1.41. The fourth-order valence-corrected chi connectivity index (χ4v) is 4.03. The lowest BCUT2D eigenvalue weighted by atomic mass is 9.95. The van der Waals surface area contributed by atoms with Gasteiger partial charge in [-0.05, 0) is 56.8 Å². The van der Waals surface area contributed by atoms with Gasteiger partial charge in [-0.3, -0.25) is 9.69 Å². The van der Waals surface area contributed by atoms with E-state index in [-0.39, 0.29) is 17.9 Å². The van der Waals surface area contributed by atoms with E-state index in [4.69, 9.17) is 4.65 Å². The molecule has 2 atom stereocenters. The summed E-state index contributed by atoms with van der Waals surface area (Å²) in [6.07, 6.45) is 1.62. The fraction of sp³-hybridized carbons (Fsp3) is 0.650. The number of carbonyl (C=O) groups excluding carboxylic acids is 1. The van der Waals surface area contributed by atoms with Crippen LogP contribution in [0.25, 0.3) is 0 Å². The van der Waals surface area contributed by atoms with Gasteiger partial charge in [0.15, 0.2) is 0 Å². The first-order chi connectivity index (χ1) is 12.9. The number of unbranched alkanes of at least 4 members (excludes halogenated alkanes) is 1. The number of benzene rings is 1. The lowest BCUT2D eigenvalue weighted by Crippen LogP contribution is -2.27. The van der Waals surface area contributed by atoms with Crippen molar-refractivity contribution in [3.05, 3.63) is 35.4 Å². The Labute approximate surface area is 160 Å². The molecule has 0 bridgehead atoms. The molecule has 0 N–H and O–H groups in total. The highest BCUT2D eigenvalue weighted by atomic mass is 19.4. The van der Waals surface area contributed by atoms with Crippen molar-refractivity contribution in [2.45, 2.75) is 64.1 Å². The van der Waals surface area contributed by atoms with Crippen LogP contribution in [0.5, 0.6) is 0 Å². The molecule has 0 aliphatic carbocycles. The van der Waals surface area contributed by atoms with Gasteiger partial charge in [0.05, 0.1) is 11.5 Å². The second-order valence-corrected chi connectivity index (χ2v) is 7.28. The first-order valence-corrected chi connectivity index (χ1v) is 9.86. The van der Waals surface area contributed by atoms with E-state index in [2.05, 4.69) is 11.8 Å². The Balaban J connectivity index is 2.00. The fourth-order valence-electron chi connectivity index (χ4n) is 4.03. The van der Waals surface area contributed by atoms with Crippen LogP contribution < -0.4 is 0 Å². The molecule has 0 aromatic heterocycles. The van der Waals surface area contributed by atoms with Gasteiger partial charge in [0.2, 0.25) is 0 Å². The lowest BCUT2D eigenvalue weighted by Gasteiger charge is -2.27. The van der Waals surface area contributed by atoms with E-state index in [1.807, 2.05) is 0 Å². The standard InChI is InChI=1S/C20H29BF3NO2/c1-2-3-8-15(19(26)27-21)9-6-13-25-14-7-12-18(25)16-10-4-5-11-17(16)20(22,23)24/h4-5,10-11,15,18H,2-3,6-9,12-14,21H2,1H3. The molecule has 1 aromatic rings. The van der Waals surface area contributed by atoms with Crippen LogP contribution in [-0.2, 0) is 15.6 Å². The molecular weight excluding hydrogens is 354 g/mol. The van der Waals surface area contributed by atoms with Gasteiger partial charge in [0.25, 0.3) is 5.97 Å². The third-order valence-electron chi connectivity index (χ3n) is 5.43. The molecule has 0 radical (unpaired) electrons. The molecule has 0 saturated carbocycles. The van der Waals surface area contributed by atoms with Gasteiger partial charge in [0.1, 0.15) is 0 Å². The third-order valence-corrected chi connectivity index (χ3v) is 5.43. The number of halogens is 3. The Morgan fingerprint density at radius 1 is 1.30 bits per heavy atom. The Morgan fingerprint density at radius 2 is 2.00 bits per heavy atom. The number of hydrogen-bond acceptors (Lipinski definition) is 3. The highest BCUT2D eigenvalue weighted by Gasteiger charge is 2.37. The van der Waals surface area contributed by atoms with Crippen molar-refractivity contribution in [2.75, 3.05) is 13.1 Å². The van der Waals surface area contributed by atoms with Crippen LogP contribution in [0.2, 0.25) is 0 Å². The summed E-state index contributed by atoms with van der Waals surface area (Å²) in [6.45, 7) is 3.59.